The number of halogens is 1. The number of carbonyl (C=O) groups is 2. The van der Waals surface area contributed by atoms with Gasteiger partial charge < -0.3 is 14.6 Å². The molecule has 1 aromatic heterocycles. The molecule has 2 unspecified atom stereocenters. The number of rotatable bonds is 8. The minimum absolute atomic E-state index is 0.0388. The van der Waals surface area contributed by atoms with Gasteiger partial charge in [-0.1, -0.05) is 41.9 Å². The molecule has 0 spiro atoms. The summed E-state index contributed by atoms with van der Waals surface area (Å²) in [5, 5.41) is 3.71. The zero-order valence-electron chi connectivity index (χ0n) is 17.7. The number of benzene rings is 2. The number of nitrogens with one attached hydrogen (secondary N) is 1. The maximum absolute atomic E-state index is 13.4. The lowest BCUT2D eigenvalue weighted by atomic mass is 10.1. The predicted octanol–water partition coefficient (Wildman–Crippen LogP) is 5.16. The van der Waals surface area contributed by atoms with Crippen LogP contribution in [-0.2, 0) is 17.9 Å². The first-order valence-electron chi connectivity index (χ1n) is 11.0. The summed E-state index contributed by atoms with van der Waals surface area (Å²) < 4.78 is 5.51. The standard InChI is InChI=1S/C26H25ClN2O3/c27-24-6-2-1-5-21(24)22-14-23(22)26(31)29(16-20-4-3-13-32-20)15-17-7-9-18(10-8-17)25(30)28-19-11-12-19/h1-10,13,19,22-23H,11-12,14-16H2,(H,28,30). The average Bonchev–Trinajstić information content (AvgIpc) is 3.72. The van der Waals surface area contributed by atoms with Gasteiger partial charge >= 0.3 is 0 Å². The van der Waals surface area contributed by atoms with Crippen LogP contribution in [0.1, 0.15) is 52.4 Å². The molecular formula is C26H25ClN2O3. The number of furan rings is 1. The lowest BCUT2D eigenvalue weighted by Gasteiger charge is -2.22. The van der Waals surface area contributed by atoms with Crippen molar-refractivity contribution in [2.24, 2.45) is 5.92 Å². The molecule has 0 saturated heterocycles. The van der Waals surface area contributed by atoms with Gasteiger partial charge in [0.05, 0.1) is 12.8 Å². The van der Waals surface area contributed by atoms with Crippen molar-refractivity contribution < 1.29 is 14.0 Å². The molecule has 2 aliphatic carbocycles. The van der Waals surface area contributed by atoms with Gasteiger partial charge in [-0.15, -0.1) is 0 Å². The number of hydrogen-bond donors (Lipinski definition) is 1. The van der Waals surface area contributed by atoms with Crippen LogP contribution in [-0.4, -0.2) is 22.8 Å². The molecule has 32 heavy (non-hydrogen) atoms. The van der Waals surface area contributed by atoms with Crippen LogP contribution >= 0.6 is 11.6 Å². The molecule has 2 atom stereocenters. The maximum Gasteiger partial charge on any atom is 0.251 e. The van der Waals surface area contributed by atoms with E-state index in [-0.39, 0.29) is 23.7 Å². The van der Waals surface area contributed by atoms with E-state index >= 15 is 0 Å². The van der Waals surface area contributed by atoms with E-state index in [1.165, 1.54) is 0 Å². The molecule has 5 rings (SSSR count). The highest BCUT2D eigenvalue weighted by Gasteiger charge is 2.46. The summed E-state index contributed by atoms with van der Waals surface area (Å²) in [7, 11) is 0. The zero-order chi connectivity index (χ0) is 22.1. The molecule has 2 aromatic carbocycles. The van der Waals surface area contributed by atoms with E-state index in [4.69, 9.17) is 16.0 Å². The minimum atomic E-state index is -0.0755. The lowest BCUT2D eigenvalue weighted by Crippen LogP contribution is -2.31. The Morgan fingerprint density at radius 2 is 1.78 bits per heavy atom. The topological polar surface area (TPSA) is 62.6 Å². The van der Waals surface area contributed by atoms with Crippen LogP contribution in [0.5, 0.6) is 0 Å². The van der Waals surface area contributed by atoms with E-state index in [1.807, 2.05) is 65.6 Å². The Labute approximate surface area is 192 Å². The monoisotopic (exact) mass is 448 g/mol. The molecule has 0 aliphatic heterocycles. The fourth-order valence-electron chi connectivity index (χ4n) is 4.10. The Bertz CT molecular complexity index is 1110. The second kappa shape index (κ2) is 8.83. The fraction of sp³-hybridized carbons (Fsp3) is 0.308. The highest BCUT2D eigenvalue weighted by molar-refractivity contribution is 6.31. The Kier molecular flexibility index (Phi) is 5.75. The van der Waals surface area contributed by atoms with Gasteiger partial charge in [0.1, 0.15) is 5.76 Å². The van der Waals surface area contributed by atoms with Crippen molar-refractivity contribution in [3.8, 4) is 0 Å². The van der Waals surface area contributed by atoms with E-state index in [1.54, 1.807) is 6.26 Å². The highest BCUT2D eigenvalue weighted by atomic mass is 35.5. The van der Waals surface area contributed by atoms with Crippen LogP contribution in [0.4, 0.5) is 0 Å². The van der Waals surface area contributed by atoms with Gasteiger partial charge in [0.15, 0.2) is 0 Å². The molecule has 1 N–H and O–H groups in total. The normalized spacial score (nSPS) is 19.4. The second-order valence-corrected chi connectivity index (χ2v) is 9.10. The van der Waals surface area contributed by atoms with Crippen molar-refractivity contribution in [2.45, 2.75) is 44.3 Å². The Morgan fingerprint density at radius 3 is 2.47 bits per heavy atom. The van der Waals surface area contributed by atoms with E-state index in [9.17, 15) is 9.59 Å². The number of amides is 2. The average molecular weight is 449 g/mol. The highest BCUT2D eigenvalue weighted by Crippen LogP contribution is 2.50. The number of carbonyl (C=O) groups excluding carboxylic acids is 2. The number of nitrogens with zero attached hydrogens (tertiary/aromatic N) is 1. The van der Waals surface area contributed by atoms with Crippen LogP contribution in [0.15, 0.2) is 71.3 Å². The summed E-state index contributed by atoms with van der Waals surface area (Å²) >= 11 is 6.36. The van der Waals surface area contributed by atoms with Gasteiger partial charge in [-0.3, -0.25) is 9.59 Å². The van der Waals surface area contributed by atoms with Crippen LogP contribution < -0.4 is 5.32 Å². The van der Waals surface area contributed by atoms with Crippen LogP contribution in [0, 0.1) is 5.92 Å². The molecule has 0 radical (unpaired) electrons. The molecular weight excluding hydrogens is 424 g/mol. The molecule has 2 amide bonds. The Balaban J connectivity index is 1.29. The summed E-state index contributed by atoms with van der Waals surface area (Å²) in [6, 6.07) is 19.3. The third-order valence-corrected chi connectivity index (χ3v) is 6.50. The van der Waals surface area contributed by atoms with Gasteiger partial charge in [-0.2, -0.15) is 0 Å². The van der Waals surface area contributed by atoms with Crippen molar-refractivity contribution in [3.05, 3.63) is 94.4 Å². The maximum atomic E-state index is 13.4. The summed E-state index contributed by atoms with van der Waals surface area (Å²) in [5.74, 6) is 0.885. The van der Waals surface area contributed by atoms with Gasteiger partial charge in [-0.05, 0) is 66.6 Å². The quantitative estimate of drug-likeness (QED) is 0.517. The fourth-order valence-corrected chi connectivity index (χ4v) is 4.38. The van der Waals surface area contributed by atoms with Gasteiger partial charge in [0.25, 0.3) is 5.91 Å². The smallest absolute Gasteiger partial charge is 0.251 e. The summed E-state index contributed by atoms with van der Waals surface area (Å²) in [5.41, 5.74) is 2.66. The summed E-state index contributed by atoms with van der Waals surface area (Å²) in [4.78, 5) is 27.5. The van der Waals surface area contributed by atoms with Crippen molar-refractivity contribution in [2.75, 3.05) is 0 Å². The second-order valence-electron chi connectivity index (χ2n) is 8.69. The van der Waals surface area contributed by atoms with Crippen molar-refractivity contribution in [1.29, 1.82) is 0 Å². The van der Waals surface area contributed by atoms with Gasteiger partial charge in [-0.25, -0.2) is 0 Å². The summed E-state index contributed by atoms with van der Waals surface area (Å²) in [6.45, 7) is 0.858. The van der Waals surface area contributed by atoms with Crippen LogP contribution in [0.3, 0.4) is 0 Å². The largest absolute Gasteiger partial charge is 0.467 e. The third-order valence-electron chi connectivity index (χ3n) is 6.15. The van der Waals surface area contributed by atoms with Gasteiger partial charge in [0.2, 0.25) is 5.91 Å². The Morgan fingerprint density at radius 1 is 1.00 bits per heavy atom. The first-order chi connectivity index (χ1) is 15.6. The molecule has 6 heteroatoms. The molecule has 2 aliphatic rings. The lowest BCUT2D eigenvalue weighted by molar-refractivity contribution is -0.134. The SMILES string of the molecule is O=C(NC1CC1)c1ccc(CN(Cc2ccco2)C(=O)C2CC2c2ccccc2Cl)cc1. The molecule has 0 bridgehead atoms. The van der Waals surface area contributed by atoms with Crippen molar-refractivity contribution >= 4 is 23.4 Å². The predicted molar refractivity (Wildman–Crippen MR) is 122 cm³/mol. The molecule has 3 aromatic rings. The first-order valence-corrected chi connectivity index (χ1v) is 11.4. The zero-order valence-corrected chi connectivity index (χ0v) is 18.4. The van der Waals surface area contributed by atoms with Crippen LogP contribution in [0.2, 0.25) is 5.02 Å². The van der Waals surface area contributed by atoms with E-state index in [0.29, 0.717) is 29.7 Å². The molecule has 5 nitrogen and oxygen atoms in total. The van der Waals surface area contributed by atoms with E-state index < -0.39 is 0 Å². The van der Waals surface area contributed by atoms with E-state index in [0.717, 1.165) is 36.1 Å². The van der Waals surface area contributed by atoms with E-state index in [2.05, 4.69) is 5.32 Å². The number of hydrogen-bond acceptors (Lipinski definition) is 3. The molecule has 1 heterocycles. The molecule has 164 valence electrons. The summed E-state index contributed by atoms with van der Waals surface area (Å²) in [6.07, 6.45) is 4.54. The Hall–Kier alpha value is -3.05. The minimum Gasteiger partial charge on any atom is -0.467 e. The van der Waals surface area contributed by atoms with Crippen molar-refractivity contribution in [3.63, 3.8) is 0 Å². The van der Waals surface area contributed by atoms with Gasteiger partial charge in [0, 0.05) is 29.1 Å². The molecule has 2 fully saturated rings. The third kappa shape index (κ3) is 4.73. The van der Waals surface area contributed by atoms with Crippen LogP contribution in [0.25, 0.3) is 0 Å². The first kappa shape index (κ1) is 20.8. The molecule has 2 saturated carbocycles. The van der Waals surface area contributed by atoms with Crippen molar-refractivity contribution in [1.82, 2.24) is 10.2 Å².